The van der Waals surface area contributed by atoms with Crippen LogP contribution in [0.1, 0.15) is 12.8 Å². The van der Waals surface area contributed by atoms with Gasteiger partial charge in [-0.2, -0.15) is 5.10 Å². The molecule has 0 aliphatic heterocycles. The topological polar surface area (TPSA) is 33.6 Å². The van der Waals surface area contributed by atoms with Crippen LogP contribution in [-0.4, -0.2) is 12.8 Å². The van der Waals surface area contributed by atoms with Crippen LogP contribution >= 0.6 is 0 Å². The first-order valence-electron chi connectivity index (χ1n) is 6.45. The highest BCUT2D eigenvalue weighted by atomic mass is 16.5. The molecule has 19 heavy (non-hydrogen) atoms. The lowest BCUT2D eigenvalue weighted by Crippen LogP contribution is -1.97. The van der Waals surface area contributed by atoms with Gasteiger partial charge < -0.3 is 4.74 Å². The molecule has 0 heterocycles. The van der Waals surface area contributed by atoms with E-state index in [0.29, 0.717) is 6.61 Å². The minimum absolute atomic E-state index is 0.710. The SMILES string of the molecule is C(/CCCOc1ccccc1)=N\Nc1ccccc1. The molecule has 0 aliphatic rings. The zero-order chi connectivity index (χ0) is 13.2. The lowest BCUT2D eigenvalue weighted by molar-refractivity contribution is 0.314. The van der Waals surface area contributed by atoms with Crippen LogP contribution < -0.4 is 10.2 Å². The summed E-state index contributed by atoms with van der Waals surface area (Å²) < 4.78 is 5.59. The van der Waals surface area contributed by atoms with E-state index in [2.05, 4.69) is 10.5 Å². The second kappa shape index (κ2) is 7.93. The van der Waals surface area contributed by atoms with Crippen molar-refractivity contribution in [2.75, 3.05) is 12.0 Å². The fraction of sp³-hybridized carbons (Fsp3) is 0.188. The van der Waals surface area contributed by atoms with Gasteiger partial charge in [-0.05, 0) is 37.1 Å². The highest BCUT2D eigenvalue weighted by molar-refractivity contribution is 5.59. The number of ether oxygens (including phenoxy) is 1. The number of hydrazone groups is 1. The monoisotopic (exact) mass is 254 g/mol. The molecule has 0 aromatic heterocycles. The average Bonchev–Trinajstić information content (AvgIpc) is 2.48. The molecule has 0 unspecified atom stereocenters. The van der Waals surface area contributed by atoms with Crippen LogP contribution in [0.3, 0.4) is 0 Å². The molecule has 3 nitrogen and oxygen atoms in total. The maximum absolute atomic E-state index is 5.59. The molecule has 0 amide bonds. The van der Waals surface area contributed by atoms with Crippen molar-refractivity contribution in [3.8, 4) is 5.75 Å². The van der Waals surface area contributed by atoms with Gasteiger partial charge in [0.2, 0.25) is 0 Å². The third-order valence-corrected chi connectivity index (χ3v) is 2.55. The summed E-state index contributed by atoms with van der Waals surface area (Å²) in [5, 5.41) is 4.16. The highest BCUT2D eigenvalue weighted by Gasteiger charge is 1.90. The molecule has 0 fully saturated rings. The van der Waals surface area contributed by atoms with E-state index in [1.807, 2.05) is 66.9 Å². The lowest BCUT2D eigenvalue weighted by atomic mass is 10.3. The summed E-state index contributed by atoms with van der Waals surface area (Å²) in [4.78, 5) is 0. The van der Waals surface area contributed by atoms with Gasteiger partial charge in [0, 0.05) is 6.21 Å². The van der Waals surface area contributed by atoms with Gasteiger partial charge in [0.15, 0.2) is 0 Å². The summed E-state index contributed by atoms with van der Waals surface area (Å²) in [7, 11) is 0. The molecule has 0 aliphatic carbocycles. The van der Waals surface area contributed by atoms with Crippen molar-refractivity contribution in [2.24, 2.45) is 5.10 Å². The van der Waals surface area contributed by atoms with Crippen LogP contribution in [0.25, 0.3) is 0 Å². The van der Waals surface area contributed by atoms with Crippen molar-refractivity contribution >= 4 is 11.9 Å². The van der Waals surface area contributed by atoms with E-state index in [-0.39, 0.29) is 0 Å². The largest absolute Gasteiger partial charge is 0.494 e. The number of unbranched alkanes of at least 4 members (excludes halogenated alkanes) is 1. The predicted molar refractivity (Wildman–Crippen MR) is 79.7 cm³/mol. The second-order valence-corrected chi connectivity index (χ2v) is 4.09. The Bertz CT molecular complexity index is 483. The quantitative estimate of drug-likeness (QED) is 0.461. The van der Waals surface area contributed by atoms with Gasteiger partial charge in [0.05, 0.1) is 12.3 Å². The van der Waals surface area contributed by atoms with Gasteiger partial charge in [-0.15, -0.1) is 0 Å². The summed E-state index contributed by atoms with van der Waals surface area (Å²) in [5.74, 6) is 0.918. The standard InChI is InChI=1S/C16H18N2O/c1-3-9-15(10-4-1)18-17-13-7-8-14-19-16-11-5-2-6-12-16/h1-6,9-13,18H,7-8,14H2/b17-13+. The van der Waals surface area contributed by atoms with Crippen LogP contribution in [0, 0.1) is 0 Å². The molecule has 1 N–H and O–H groups in total. The number of hydrogen-bond donors (Lipinski definition) is 1. The number of para-hydroxylation sites is 2. The van der Waals surface area contributed by atoms with Gasteiger partial charge in [0.1, 0.15) is 5.75 Å². The van der Waals surface area contributed by atoms with Crippen LogP contribution in [0.5, 0.6) is 5.75 Å². The van der Waals surface area contributed by atoms with Crippen LogP contribution in [0.2, 0.25) is 0 Å². The van der Waals surface area contributed by atoms with Gasteiger partial charge in [0.25, 0.3) is 0 Å². The summed E-state index contributed by atoms with van der Waals surface area (Å²) in [6, 6.07) is 19.8. The minimum Gasteiger partial charge on any atom is -0.494 e. The third kappa shape index (κ3) is 5.25. The normalized spacial score (nSPS) is 10.5. The van der Waals surface area contributed by atoms with Gasteiger partial charge in [-0.25, -0.2) is 0 Å². The third-order valence-electron chi connectivity index (χ3n) is 2.55. The van der Waals surface area contributed by atoms with Crippen molar-refractivity contribution in [1.82, 2.24) is 0 Å². The van der Waals surface area contributed by atoms with Crippen molar-refractivity contribution in [2.45, 2.75) is 12.8 Å². The molecule has 2 rings (SSSR count). The smallest absolute Gasteiger partial charge is 0.119 e. The molecule has 98 valence electrons. The molecule has 3 heteroatoms. The van der Waals surface area contributed by atoms with Crippen molar-refractivity contribution in [3.63, 3.8) is 0 Å². The van der Waals surface area contributed by atoms with Gasteiger partial charge in [-0.3, -0.25) is 5.43 Å². The molecule has 0 spiro atoms. The van der Waals surface area contributed by atoms with Gasteiger partial charge in [-0.1, -0.05) is 36.4 Å². The maximum atomic E-state index is 5.59. The Kier molecular flexibility index (Phi) is 5.49. The van der Waals surface area contributed by atoms with E-state index in [9.17, 15) is 0 Å². The minimum atomic E-state index is 0.710. The summed E-state index contributed by atoms with van der Waals surface area (Å²) >= 11 is 0. The number of hydrogen-bond acceptors (Lipinski definition) is 3. The van der Waals surface area contributed by atoms with Crippen LogP contribution in [0.15, 0.2) is 65.8 Å². The zero-order valence-corrected chi connectivity index (χ0v) is 10.8. The molecule has 2 aromatic rings. The van der Waals surface area contributed by atoms with E-state index in [1.165, 1.54) is 0 Å². The molecule has 0 bridgehead atoms. The highest BCUT2D eigenvalue weighted by Crippen LogP contribution is 2.08. The average molecular weight is 254 g/mol. The van der Waals surface area contributed by atoms with Crippen molar-refractivity contribution in [3.05, 3.63) is 60.7 Å². The number of nitrogens with zero attached hydrogens (tertiary/aromatic N) is 1. The zero-order valence-electron chi connectivity index (χ0n) is 10.8. The Morgan fingerprint density at radius 1 is 0.947 bits per heavy atom. The first-order chi connectivity index (χ1) is 9.45. The Labute approximate surface area is 113 Å². The van der Waals surface area contributed by atoms with Crippen molar-refractivity contribution in [1.29, 1.82) is 0 Å². The van der Waals surface area contributed by atoms with E-state index < -0.39 is 0 Å². The number of rotatable bonds is 7. The van der Waals surface area contributed by atoms with E-state index in [1.54, 1.807) is 0 Å². The summed E-state index contributed by atoms with van der Waals surface area (Å²) in [5.41, 5.74) is 3.98. The maximum Gasteiger partial charge on any atom is 0.119 e. The van der Waals surface area contributed by atoms with E-state index in [0.717, 1.165) is 24.3 Å². The first kappa shape index (κ1) is 13.1. The summed E-state index contributed by atoms with van der Waals surface area (Å²) in [6.45, 7) is 0.710. The van der Waals surface area contributed by atoms with E-state index in [4.69, 9.17) is 4.74 Å². The molecular weight excluding hydrogens is 236 g/mol. The van der Waals surface area contributed by atoms with Crippen molar-refractivity contribution < 1.29 is 4.74 Å². The van der Waals surface area contributed by atoms with Crippen LogP contribution in [0.4, 0.5) is 5.69 Å². The van der Waals surface area contributed by atoms with Crippen LogP contribution in [-0.2, 0) is 0 Å². The number of nitrogens with one attached hydrogen (secondary N) is 1. The molecule has 0 saturated carbocycles. The summed E-state index contributed by atoms with van der Waals surface area (Å²) in [6.07, 6.45) is 3.73. The molecule has 0 radical (unpaired) electrons. The molecule has 0 saturated heterocycles. The Morgan fingerprint density at radius 2 is 1.63 bits per heavy atom. The Hall–Kier alpha value is -2.29. The second-order valence-electron chi connectivity index (χ2n) is 4.09. The lowest BCUT2D eigenvalue weighted by Gasteiger charge is -2.03. The molecule has 2 aromatic carbocycles. The number of benzene rings is 2. The van der Waals surface area contributed by atoms with Gasteiger partial charge >= 0.3 is 0 Å². The number of anilines is 1. The Balaban J connectivity index is 1.57. The Morgan fingerprint density at radius 3 is 2.37 bits per heavy atom. The first-order valence-corrected chi connectivity index (χ1v) is 6.45. The predicted octanol–water partition coefficient (Wildman–Crippen LogP) is 3.94. The molecular formula is C16H18N2O. The fourth-order valence-electron chi connectivity index (χ4n) is 1.58. The fourth-order valence-corrected chi connectivity index (χ4v) is 1.58. The van der Waals surface area contributed by atoms with E-state index >= 15 is 0 Å². The molecule has 0 atom stereocenters.